The van der Waals surface area contributed by atoms with E-state index in [-0.39, 0.29) is 49.2 Å². The molecule has 1 spiro atoms. The Hall–Kier alpha value is -3.58. The number of fused-ring (bicyclic) bond motifs is 2. The fraction of sp³-hybridized carbons (Fsp3) is 0.556. The summed E-state index contributed by atoms with van der Waals surface area (Å²) >= 11 is 0. The maximum atomic E-state index is 14.9. The van der Waals surface area contributed by atoms with Crippen molar-refractivity contribution in [3.05, 3.63) is 53.6 Å². The summed E-state index contributed by atoms with van der Waals surface area (Å²) in [5.74, 6) is -0.696. The van der Waals surface area contributed by atoms with Crippen molar-refractivity contribution in [2.45, 2.75) is 94.8 Å². The van der Waals surface area contributed by atoms with Gasteiger partial charge in [0.25, 0.3) is 5.91 Å². The van der Waals surface area contributed by atoms with Gasteiger partial charge < -0.3 is 34.2 Å². The Labute approximate surface area is 282 Å². The van der Waals surface area contributed by atoms with Crippen molar-refractivity contribution in [1.29, 1.82) is 0 Å². The zero-order chi connectivity index (χ0) is 34.0. The first kappa shape index (κ1) is 32.9. The smallest absolute Gasteiger partial charge is 0.264 e. The largest absolute Gasteiger partial charge is 0.432 e. The topological polar surface area (TPSA) is 131 Å². The number of rotatable bonds is 8. The molecule has 0 aromatic heterocycles. The molecule has 7 rings (SSSR count). The zero-order valence-electron chi connectivity index (χ0n) is 28.1. The maximum absolute atomic E-state index is 14.9. The highest BCUT2D eigenvalue weighted by Gasteiger charge is 2.66. The van der Waals surface area contributed by atoms with Gasteiger partial charge in [-0.25, -0.2) is 0 Å². The fourth-order valence-corrected chi connectivity index (χ4v) is 11.6. The van der Waals surface area contributed by atoms with Crippen molar-refractivity contribution in [2.75, 3.05) is 40.9 Å². The summed E-state index contributed by atoms with van der Waals surface area (Å²) in [4.78, 5) is 72.5. The zero-order valence-corrected chi connectivity index (χ0v) is 29.1. The number of hydrogen-bond donors (Lipinski definition) is 2. The van der Waals surface area contributed by atoms with Crippen molar-refractivity contribution in [2.24, 2.45) is 5.92 Å². The van der Waals surface area contributed by atoms with Crippen molar-refractivity contribution in [3.63, 3.8) is 0 Å². The molecule has 4 saturated heterocycles. The average molecular weight is 675 g/mol. The number of hydrogen-bond acceptors (Lipinski definition) is 7. The lowest BCUT2D eigenvalue weighted by atomic mass is 9.82. The van der Waals surface area contributed by atoms with Crippen LogP contribution in [0.25, 0.3) is 0 Å². The highest BCUT2D eigenvalue weighted by molar-refractivity contribution is 6.71. The Bertz CT molecular complexity index is 1630. The summed E-state index contributed by atoms with van der Waals surface area (Å²) < 4.78 is 6.94. The summed E-state index contributed by atoms with van der Waals surface area (Å²) in [5.41, 5.74) is 1.89. The molecule has 0 bridgehead atoms. The number of nitrogens with zero attached hydrogens (tertiary/aromatic N) is 4. The molecule has 256 valence electrons. The van der Waals surface area contributed by atoms with E-state index in [1.54, 1.807) is 19.6 Å². The summed E-state index contributed by atoms with van der Waals surface area (Å²) in [6.45, 7) is 7.65. The second kappa shape index (κ2) is 12.4. The molecule has 11 nitrogen and oxygen atoms in total. The molecule has 0 unspecified atom stereocenters. The van der Waals surface area contributed by atoms with Crippen LogP contribution in [0, 0.1) is 5.92 Å². The Kier molecular flexibility index (Phi) is 8.50. The minimum Gasteiger partial charge on any atom is -0.432 e. The molecule has 2 aromatic carbocycles. The Balaban J connectivity index is 1.26. The Morgan fingerprint density at radius 2 is 1.58 bits per heavy atom. The number of ether oxygens (including phenoxy) is 1. The second-order valence-electron chi connectivity index (χ2n) is 14.7. The van der Waals surface area contributed by atoms with Crippen LogP contribution in [0.4, 0.5) is 17.1 Å². The van der Waals surface area contributed by atoms with Crippen LogP contribution in [0.1, 0.15) is 63.0 Å². The first-order valence-electron chi connectivity index (χ1n) is 17.4. The lowest BCUT2D eigenvalue weighted by Gasteiger charge is -2.33. The van der Waals surface area contributed by atoms with E-state index in [1.165, 1.54) is 0 Å². The highest BCUT2D eigenvalue weighted by atomic mass is 28.4. The van der Waals surface area contributed by atoms with Crippen LogP contribution < -0.4 is 14.7 Å². The lowest BCUT2D eigenvalue weighted by molar-refractivity contribution is -0.150. The predicted octanol–water partition coefficient (Wildman–Crippen LogP) is 3.66. The van der Waals surface area contributed by atoms with Crippen LogP contribution in [-0.2, 0) is 36.1 Å². The third kappa shape index (κ3) is 5.37. The third-order valence-corrected chi connectivity index (χ3v) is 13.8. The number of benzene rings is 2. The molecule has 2 N–H and O–H groups in total. The Morgan fingerprint density at radius 1 is 0.938 bits per heavy atom. The summed E-state index contributed by atoms with van der Waals surface area (Å²) in [7, 11) is -3.01. The van der Waals surface area contributed by atoms with Gasteiger partial charge >= 0.3 is 0 Å². The molecule has 4 amide bonds. The summed E-state index contributed by atoms with van der Waals surface area (Å²) in [5, 5.41) is 9.89. The standard InChI is InChI=1S/C36H46N4O7Si/c1-23-34(48(2,3)46)30(20-33(44)39-16-4-7-27(39)22-41)47-36(23)28-19-26(38-18-6-9-32(38)43)14-15-29(28)40(35(36)45)21-24-10-12-25(13-11-24)37-17-5-8-31(37)42/h10-15,19,23,27,30,34,41,46H,4-9,16-18,20-22H2,1-3H3/t23-,27-,30+,34-,36+/m0/s1. The molecule has 48 heavy (non-hydrogen) atoms. The first-order valence-corrected chi connectivity index (χ1v) is 20.4. The normalized spacial score (nSPS) is 28.9. The monoisotopic (exact) mass is 674 g/mol. The molecule has 12 heteroatoms. The summed E-state index contributed by atoms with van der Waals surface area (Å²) in [6.07, 6.45) is 3.49. The van der Waals surface area contributed by atoms with Crippen LogP contribution in [0.3, 0.4) is 0 Å². The quantitative estimate of drug-likeness (QED) is 0.409. The van der Waals surface area contributed by atoms with E-state index in [2.05, 4.69) is 0 Å². The van der Waals surface area contributed by atoms with E-state index in [0.717, 1.165) is 36.9 Å². The number of aliphatic hydroxyl groups excluding tert-OH is 1. The van der Waals surface area contributed by atoms with Gasteiger partial charge in [0.2, 0.25) is 17.7 Å². The molecular formula is C36H46N4O7Si. The highest BCUT2D eigenvalue weighted by Crippen LogP contribution is 2.60. The lowest BCUT2D eigenvalue weighted by Crippen LogP contribution is -2.46. The first-order chi connectivity index (χ1) is 22.9. The van der Waals surface area contributed by atoms with E-state index < -0.39 is 31.5 Å². The number of likely N-dealkylation sites (tertiary alicyclic amines) is 1. The molecule has 4 fully saturated rings. The average Bonchev–Trinajstić information content (AvgIpc) is 3.88. The van der Waals surface area contributed by atoms with Gasteiger partial charge in [0.1, 0.15) is 0 Å². The van der Waals surface area contributed by atoms with Gasteiger partial charge in [-0.1, -0.05) is 19.1 Å². The van der Waals surface area contributed by atoms with Gasteiger partial charge in [0.05, 0.1) is 37.4 Å². The van der Waals surface area contributed by atoms with Crippen LogP contribution in [0.5, 0.6) is 0 Å². The van der Waals surface area contributed by atoms with Crippen molar-refractivity contribution < 1.29 is 33.8 Å². The fourth-order valence-electron chi connectivity index (χ4n) is 9.04. The van der Waals surface area contributed by atoms with Crippen molar-refractivity contribution in [3.8, 4) is 0 Å². The molecule has 0 radical (unpaired) electrons. The van der Waals surface area contributed by atoms with E-state index >= 15 is 0 Å². The van der Waals surface area contributed by atoms with Crippen LogP contribution >= 0.6 is 0 Å². The number of carbonyl (C=O) groups is 4. The van der Waals surface area contributed by atoms with Crippen LogP contribution in [0.15, 0.2) is 42.5 Å². The van der Waals surface area contributed by atoms with Gasteiger partial charge in [0, 0.05) is 60.9 Å². The number of aliphatic hydroxyl groups is 1. The molecule has 5 aliphatic heterocycles. The number of amides is 4. The molecule has 5 aliphatic rings. The van der Waals surface area contributed by atoms with Gasteiger partial charge in [-0.15, -0.1) is 0 Å². The molecule has 0 aliphatic carbocycles. The van der Waals surface area contributed by atoms with E-state index in [9.17, 15) is 29.1 Å². The maximum Gasteiger partial charge on any atom is 0.264 e. The Morgan fingerprint density at radius 3 is 2.19 bits per heavy atom. The van der Waals surface area contributed by atoms with Crippen molar-refractivity contribution >= 4 is 49.0 Å². The van der Waals surface area contributed by atoms with E-state index in [0.29, 0.717) is 49.4 Å². The number of anilines is 3. The summed E-state index contributed by atoms with van der Waals surface area (Å²) in [6, 6.07) is 13.2. The molecular weight excluding hydrogens is 629 g/mol. The predicted molar refractivity (Wildman–Crippen MR) is 183 cm³/mol. The second-order valence-corrected chi connectivity index (χ2v) is 18.7. The van der Waals surface area contributed by atoms with Gasteiger partial charge in [-0.3, -0.25) is 19.2 Å². The molecule has 5 heterocycles. The molecule has 5 atom stereocenters. The minimum absolute atomic E-state index is 0.00778. The minimum atomic E-state index is -3.01. The van der Waals surface area contributed by atoms with Crippen LogP contribution in [0.2, 0.25) is 18.6 Å². The third-order valence-electron chi connectivity index (χ3n) is 11.3. The van der Waals surface area contributed by atoms with E-state index in [1.807, 2.05) is 62.5 Å². The number of carbonyl (C=O) groups excluding carboxylic acids is 4. The van der Waals surface area contributed by atoms with Gasteiger partial charge in [-0.05, 0) is 74.7 Å². The SMILES string of the molecule is C[C@H]1[C@H]([Si](C)(C)O)[C@@H](CC(=O)N2CCC[C@H]2CO)O[C@]12C(=O)N(Cc1ccc(N3CCCC3=O)cc1)c1ccc(N3CCCC3=O)cc12. The molecule has 2 aromatic rings. The van der Waals surface area contributed by atoms with Crippen LogP contribution in [-0.4, -0.2) is 85.1 Å². The molecule has 0 saturated carbocycles. The van der Waals surface area contributed by atoms with Gasteiger partial charge in [-0.2, -0.15) is 0 Å². The van der Waals surface area contributed by atoms with E-state index in [4.69, 9.17) is 4.74 Å². The van der Waals surface area contributed by atoms with Crippen molar-refractivity contribution in [1.82, 2.24) is 4.90 Å². The van der Waals surface area contributed by atoms with Gasteiger partial charge in [0.15, 0.2) is 13.9 Å².